The van der Waals surface area contributed by atoms with E-state index < -0.39 is 7.60 Å². The number of hydrogen-bond donors (Lipinski definition) is 4. The van der Waals surface area contributed by atoms with Crippen LogP contribution in [0, 0.1) is 17.8 Å². The smallest absolute Gasteiger partial charge is 0.326 e. The molecule has 0 bridgehead atoms. The van der Waals surface area contributed by atoms with E-state index in [1.165, 1.54) is 96.3 Å². The van der Waals surface area contributed by atoms with Gasteiger partial charge in [0.05, 0.1) is 12.2 Å². The van der Waals surface area contributed by atoms with Gasteiger partial charge in [-0.3, -0.25) is 9.46 Å². The Hall–Kier alpha value is -2.19. The Kier molecular flexibility index (Phi) is 13.0. The molecule has 1 aromatic heterocycles. The molecule has 5 rings (SSSR count). The lowest BCUT2D eigenvalue weighted by Crippen LogP contribution is -2.49. The van der Waals surface area contributed by atoms with Crippen LogP contribution in [0.2, 0.25) is 0 Å². The molecule has 1 aromatic carbocycles. The molecule has 0 spiro atoms. The van der Waals surface area contributed by atoms with Crippen LogP contribution in [0.25, 0.3) is 0 Å². The van der Waals surface area contributed by atoms with Crippen LogP contribution >= 0.6 is 7.60 Å². The largest absolute Gasteiger partial charge is 0.383 e. The van der Waals surface area contributed by atoms with E-state index in [-0.39, 0.29) is 12.2 Å². The van der Waals surface area contributed by atoms with Gasteiger partial charge in [0.15, 0.2) is 0 Å². The van der Waals surface area contributed by atoms with Crippen LogP contribution < -0.4 is 16.0 Å². The average Bonchev–Trinajstić information content (AvgIpc) is 3.05. The van der Waals surface area contributed by atoms with Crippen LogP contribution in [0.3, 0.4) is 0 Å². The monoisotopic (exact) mass is 640 g/mol. The zero-order valence-corrected chi connectivity index (χ0v) is 28.1. The van der Waals surface area contributed by atoms with E-state index in [1.54, 1.807) is 0 Å². The van der Waals surface area contributed by atoms with Gasteiger partial charge in [-0.05, 0) is 36.2 Å². The number of nitrogens with two attached hydrogens (primary N) is 1. The van der Waals surface area contributed by atoms with Gasteiger partial charge in [0.1, 0.15) is 11.6 Å². The van der Waals surface area contributed by atoms with Crippen molar-refractivity contribution in [1.29, 1.82) is 0 Å². The number of benzene rings is 1. The van der Waals surface area contributed by atoms with E-state index in [0.717, 1.165) is 29.8 Å². The average molecular weight is 641 g/mol. The number of aromatic nitrogens is 2. The van der Waals surface area contributed by atoms with Gasteiger partial charge < -0.3 is 25.7 Å². The fourth-order valence-electron chi connectivity index (χ4n) is 7.90. The summed E-state index contributed by atoms with van der Waals surface area (Å²) in [5.41, 5.74) is 7.39. The molecule has 2 aliphatic carbocycles. The zero-order chi connectivity index (χ0) is 31.5. The van der Waals surface area contributed by atoms with Crippen LogP contribution in [-0.4, -0.2) is 63.5 Å². The van der Waals surface area contributed by atoms with Gasteiger partial charge in [0.25, 0.3) is 0 Å². The number of nitrogens with one attached hydrogen (secondary N) is 1. The van der Waals surface area contributed by atoms with Gasteiger partial charge in [0, 0.05) is 38.8 Å². The Labute approximate surface area is 270 Å². The third kappa shape index (κ3) is 11.2. The molecule has 250 valence electrons. The van der Waals surface area contributed by atoms with Gasteiger partial charge in [0.2, 0.25) is 5.95 Å². The minimum Gasteiger partial charge on any atom is -0.383 e. The number of nitrogen functional groups attached to an aromatic ring is 1. The first-order valence-corrected chi connectivity index (χ1v) is 19.6. The van der Waals surface area contributed by atoms with Crippen molar-refractivity contribution in [3.05, 3.63) is 42.0 Å². The summed E-state index contributed by atoms with van der Waals surface area (Å²) in [6.45, 7) is 3.26. The highest BCUT2D eigenvalue weighted by Gasteiger charge is 2.31. The molecule has 0 amide bonds. The topological polar surface area (TPSA) is 128 Å². The van der Waals surface area contributed by atoms with Gasteiger partial charge in [-0.1, -0.05) is 114 Å². The number of rotatable bonds is 15. The minimum absolute atomic E-state index is 0.00386. The van der Waals surface area contributed by atoms with E-state index >= 15 is 0 Å². The second kappa shape index (κ2) is 17.1. The van der Waals surface area contributed by atoms with Gasteiger partial charge in [-0.15, -0.1) is 0 Å². The van der Waals surface area contributed by atoms with Crippen molar-refractivity contribution in [1.82, 2.24) is 14.9 Å². The van der Waals surface area contributed by atoms with Crippen molar-refractivity contribution in [2.24, 2.45) is 17.8 Å². The molecule has 45 heavy (non-hydrogen) atoms. The van der Waals surface area contributed by atoms with E-state index in [2.05, 4.69) is 32.2 Å². The van der Waals surface area contributed by atoms with Crippen LogP contribution in [0.4, 0.5) is 17.6 Å². The first-order chi connectivity index (χ1) is 21.8. The molecule has 3 aliphatic rings. The fraction of sp³-hybridized carbons (Fsp3) is 0.714. The van der Waals surface area contributed by atoms with E-state index in [0.29, 0.717) is 43.9 Å². The number of piperazine rings is 1. The van der Waals surface area contributed by atoms with Crippen molar-refractivity contribution in [3.8, 4) is 0 Å². The summed E-state index contributed by atoms with van der Waals surface area (Å²) < 4.78 is 11.6. The predicted octanol–water partition coefficient (Wildman–Crippen LogP) is 7.24. The molecule has 1 unspecified atom stereocenters. The van der Waals surface area contributed by atoms with Crippen LogP contribution in [-0.2, 0) is 4.57 Å². The van der Waals surface area contributed by atoms with Gasteiger partial charge in [-0.2, -0.15) is 9.97 Å². The predicted molar refractivity (Wildman–Crippen MR) is 185 cm³/mol. The number of anilines is 3. The van der Waals surface area contributed by atoms with Crippen molar-refractivity contribution in [2.45, 2.75) is 102 Å². The molecule has 2 aromatic rings. The first-order valence-electron chi connectivity index (χ1n) is 17.8. The van der Waals surface area contributed by atoms with Crippen molar-refractivity contribution in [2.75, 3.05) is 54.8 Å². The molecule has 5 N–H and O–H groups in total. The molecular weight excluding hydrogens is 583 g/mol. The fourth-order valence-corrected chi connectivity index (χ4v) is 8.41. The molecule has 1 aliphatic heterocycles. The molecule has 9 nitrogen and oxygen atoms in total. The van der Waals surface area contributed by atoms with E-state index in [1.807, 2.05) is 24.3 Å². The standard InChI is InChI=1S/C35H57N6O3P/c36-33-25-34(41-22-21-40(23-24-45(42,43)44)32(27-41)31-15-9-4-10-16-31)39-35(38-33)37-26-30-19-17-29(18-20-30)14-6-2-1-5-11-28-12-7-3-8-13-28/h4,9-10,15-16,25,28-30,32H,1-3,5-8,11-14,17-24,26-27H2,(H2,42,43,44)(H3,36,37,38,39). The summed E-state index contributed by atoms with van der Waals surface area (Å²) >= 11 is 0. The normalized spacial score (nSPS) is 23.7. The molecule has 3 fully saturated rings. The SMILES string of the molecule is Nc1cc(N2CCN(CCP(=O)(O)O)C(c3ccccc3)C2)nc(NCC2CCC(CCCCCCC3CCCCC3)CC2)n1. The van der Waals surface area contributed by atoms with Gasteiger partial charge >= 0.3 is 7.60 Å². The highest BCUT2D eigenvalue weighted by Crippen LogP contribution is 2.37. The minimum atomic E-state index is -4.07. The summed E-state index contributed by atoms with van der Waals surface area (Å²) in [5, 5.41) is 3.51. The van der Waals surface area contributed by atoms with Gasteiger partial charge in [-0.25, -0.2) is 0 Å². The summed E-state index contributed by atoms with van der Waals surface area (Å²) in [6.07, 6.45) is 21.0. The maximum atomic E-state index is 11.6. The Morgan fingerprint density at radius 3 is 2.20 bits per heavy atom. The van der Waals surface area contributed by atoms with E-state index in [4.69, 9.17) is 10.7 Å². The van der Waals surface area contributed by atoms with E-state index in [9.17, 15) is 14.4 Å². The van der Waals surface area contributed by atoms with Crippen LogP contribution in [0.15, 0.2) is 36.4 Å². The lowest BCUT2D eigenvalue weighted by molar-refractivity contribution is 0.184. The Bertz CT molecular complexity index is 1200. The molecule has 0 radical (unpaired) electrons. The second-order valence-corrected chi connectivity index (χ2v) is 15.8. The Balaban J connectivity index is 1.05. The summed E-state index contributed by atoms with van der Waals surface area (Å²) in [4.78, 5) is 32.7. The lowest BCUT2D eigenvalue weighted by Gasteiger charge is -2.42. The molecule has 2 saturated carbocycles. The summed E-state index contributed by atoms with van der Waals surface area (Å²) in [5.74, 6) is 4.40. The lowest BCUT2D eigenvalue weighted by atomic mass is 9.79. The van der Waals surface area contributed by atoms with Crippen molar-refractivity contribution in [3.63, 3.8) is 0 Å². The maximum absolute atomic E-state index is 11.6. The molecule has 2 heterocycles. The number of hydrogen-bond acceptors (Lipinski definition) is 7. The quantitative estimate of drug-likeness (QED) is 0.118. The number of unbranched alkanes of at least 4 members (excludes halogenated alkanes) is 3. The zero-order valence-electron chi connectivity index (χ0n) is 27.2. The third-order valence-corrected chi connectivity index (χ3v) is 11.4. The molecular formula is C35H57N6O3P. The summed E-state index contributed by atoms with van der Waals surface area (Å²) in [7, 11) is -4.07. The molecule has 1 saturated heterocycles. The second-order valence-electron chi connectivity index (χ2n) is 14.0. The van der Waals surface area contributed by atoms with Crippen molar-refractivity contribution >= 4 is 25.2 Å². The van der Waals surface area contributed by atoms with Crippen molar-refractivity contribution < 1.29 is 14.4 Å². The first kappa shape index (κ1) is 34.2. The Morgan fingerprint density at radius 2 is 1.51 bits per heavy atom. The Morgan fingerprint density at radius 1 is 0.844 bits per heavy atom. The third-order valence-electron chi connectivity index (χ3n) is 10.6. The van der Waals surface area contributed by atoms with Crippen LogP contribution in [0.1, 0.15) is 108 Å². The highest BCUT2D eigenvalue weighted by molar-refractivity contribution is 7.51. The summed E-state index contributed by atoms with van der Waals surface area (Å²) in [6, 6.07) is 12.0. The molecule has 1 atom stereocenters. The highest BCUT2D eigenvalue weighted by atomic mass is 31.2. The van der Waals surface area contributed by atoms with Crippen LogP contribution in [0.5, 0.6) is 0 Å². The maximum Gasteiger partial charge on any atom is 0.326 e. The number of nitrogens with zero attached hydrogens (tertiary/aromatic N) is 4. The molecule has 10 heteroatoms.